The molecule has 0 aliphatic carbocycles. The summed E-state index contributed by atoms with van der Waals surface area (Å²) in [6, 6.07) is 21.5. The van der Waals surface area contributed by atoms with Gasteiger partial charge in [0.25, 0.3) is 0 Å². The van der Waals surface area contributed by atoms with Crippen LogP contribution < -0.4 is 4.74 Å². The molecule has 0 unspecified atom stereocenters. The van der Waals surface area contributed by atoms with E-state index < -0.39 is 17.5 Å². The fraction of sp³-hybridized carbons (Fsp3) is 0.226. The minimum Gasteiger partial charge on any atom is -0.476 e. The Balaban J connectivity index is 1.27. The number of carboxylic acids is 1. The molecule has 0 aliphatic heterocycles. The zero-order chi connectivity index (χ0) is 33.3. The highest BCUT2D eigenvalue weighted by atomic mass is 35.5. The summed E-state index contributed by atoms with van der Waals surface area (Å²) in [6.07, 6.45) is 1.37. The first kappa shape index (κ1) is 33.2. The summed E-state index contributed by atoms with van der Waals surface area (Å²) in [5.41, 5.74) is 3.56. The molecule has 5 aromatic rings. The van der Waals surface area contributed by atoms with Crippen LogP contribution >= 0.6 is 11.6 Å². The van der Waals surface area contributed by atoms with Crippen LogP contribution in [0.3, 0.4) is 0 Å². The van der Waals surface area contributed by atoms with Crippen molar-refractivity contribution in [1.29, 1.82) is 0 Å². The lowest BCUT2D eigenvalue weighted by Gasteiger charge is -2.12. The Morgan fingerprint density at radius 2 is 1.70 bits per heavy atom. The summed E-state index contributed by atoms with van der Waals surface area (Å²) in [5, 5.41) is 39.3. The van der Waals surface area contributed by atoms with E-state index in [0.29, 0.717) is 35.7 Å². The first-order valence-electron chi connectivity index (χ1n) is 14.4. The van der Waals surface area contributed by atoms with E-state index in [4.69, 9.17) is 31.5 Å². The second-order valence-electron chi connectivity index (χ2n) is 10.1. The Labute approximate surface area is 273 Å². The summed E-state index contributed by atoms with van der Waals surface area (Å²) in [5.74, 6) is -0.110. The van der Waals surface area contributed by atoms with Gasteiger partial charge in [0.15, 0.2) is 10.8 Å². The predicted molar refractivity (Wildman–Crippen MR) is 164 cm³/mol. The lowest BCUT2D eigenvalue weighted by Crippen LogP contribution is -2.17. The molecule has 0 saturated heterocycles. The highest BCUT2D eigenvalue weighted by molar-refractivity contribution is 6.32. The lowest BCUT2D eigenvalue weighted by molar-refractivity contribution is -0.497. The number of hydrogen-bond donors (Lipinski definition) is 3. The molecule has 0 radical (unpaired) electrons. The summed E-state index contributed by atoms with van der Waals surface area (Å²) < 4.78 is 12.0. The molecule has 0 amide bonds. The van der Waals surface area contributed by atoms with Crippen molar-refractivity contribution in [2.45, 2.75) is 46.1 Å². The molecule has 2 aromatic heterocycles. The van der Waals surface area contributed by atoms with Crippen molar-refractivity contribution in [3.63, 3.8) is 0 Å². The van der Waals surface area contributed by atoms with Crippen LogP contribution in [0.1, 0.15) is 47.2 Å². The van der Waals surface area contributed by atoms with Gasteiger partial charge in [-0.15, -0.1) is 15.0 Å². The number of ether oxygens (including phenoxy) is 2. The average Bonchev–Trinajstić information content (AvgIpc) is 3.66. The van der Waals surface area contributed by atoms with Gasteiger partial charge in [-0.3, -0.25) is 10.4 Å². The van der Waals surface area contributed by atoms with Crippen molar-refractivity contribution in [3.8, 4) is 28.3 Å². The molecule has 244 valence electrons. The van der Waals surface area contributed by atoms with E-state index in [1.165, 1.54) is 6.07 Å². The average molecular weight is 664 g/mol. The molecule has 16 heteroatoms. The second kappa shape index (κ2) is 15.4. The van der Waals surface area contributed by atoms with E-state index in [1.807, 2.05) is 48.5 Å². The zero-order valence-electron chi connectivity index (χ0n) is 25.1. The van der Waals surface area contributed by atoms with E-state index >= 15 is 0 Å². The monoisotopic (exact) mass is 663 g/mol. The molecule has 3 N–H and O–H groups in total. The van der Waals surface area contributed by atoms with Crippen molar-refractivity contribution in [3.05, 3.63) is 101 Å². The molecule has 2 heterocycles. The van der Waals surface area contributed by atoms with Crippen LogP contribution in [0.15, 0.2) is 72.8 Å². The zero-order valence-corrected chi connectivity index (χ0v) is 25.8. The molecule has 15 nitrogen and oxygen atoms in total. The number of benzene rings is 3. The summed E-state index contributed by atoms with van der Waals surface area (Å²) >= 11 is 6.18. The van der Waals surface area contributed by atoms with Crippen LogP contribution in [0, 0.1) is 0 Å². The van der Waals surface area contributed by atoms with E-state index in [9.17, 15) is 14.7 Å². The molecule has 5 rings (SSSR count). The number of nitrogens with zero attached hydrogens (tertiary/aromatic N) is 7. The highest BCUT2D eigenvalue weighted by Crippen LogP contribution is 2.30. The molecule has 0 spiro atoms. The SMILES string of the molecule is CCCCc1nc(Cl)c(C(=O)O)n1Cc1ccc(-c2ccccc2-c2nnn(COC(=O)Oc3ccccc3CON(O)O)n2)cc1. The number of carbonyl (C=O) groups excluding carboxylic acids is 1. The van der Waals surface area contributed by atoms with Gasteiger partial charge in [-0.1, -0.05) is 91.7 Å². The molecule has 0 fully saturated rings. The molecule has 0 aliphatic rings. The number of para-hydroxylation sites is 1. The number of aromatic carboxylic acids is 1. The standard InChI is InChI=1S/C31H30ClN7O8/c1-2-3-12-26-33-28(32)27(30(40)41)37(26)17-20-13-15-21(16-14-20)23-9-5-6-10-24(23)29-34-36-38(35-29)19-45-31(42)47-25-11-7-4-8-22(25)18-46-39(43)44/h4-11,13-16,43-44H,2-3,12,17-19H2,1H3,(H,40,41). The van der Waals surface area contributed by atoms with Crippen molar-refractivity contribution in [2.24, 2.45) is 0 Å². The number of carbonyl (C=O) groups is 2. The number of hydrogen-bond acceptors (Lipinski definition) is 12. The second-order valence-corrected chi connectivity index (χ2v) is 10.5. The maximum absolute atomic E-state index is 12.3. The number of aromatic nitrogens is 6. The molecule has 47 heavy (non-hydrogen) atoms. The fourth-order valence-corrected chi connectivity index (χ4v) is 5.03. The molecular weight excluding hydrogens is 634 g/mol. The smallest absolute Gasteiger partial charge is 0.476 e. The number of tetrazole rings is 1. The fourth-order valence-electron chi connectivity index (χ4n) is 4.75. The predicted octanol–water partition coefficient (Wildman–Crippen LogP) is 5.63. The van der Waals surface area contributed by atoms with Crippen LogP contribution in [-0.2, 0) is 35.9 Å². The van der Waals surface area contributed by atoms with Crippen molar-refractivity contribution < 1.29 is 39.4 Å². The summed E-state index contributed by atoms with van der Waals surface area (Å²) in [6.45, 7) is 1.68. The van der Waals surface area contributed by atoms with E-state index in [2.05, 4.69) is 32.2 Å². The van der Waals surface area contributed by atoms with Gasteiger partial charge in [-0.2, -0.15) is 0 Å². The van der Waals surface area contributed by atoms with Gasteiger partial charge in [0, 0.05) is 24.1 Å². The Hall–Kier alpha value is -5.19. The number of imidazole rings is 1. The highest BCUT2D eigenvalue weighted by Gasteiger charge is 2.22. The Kier molecular flexibility index (Phi) is 10.9. The molecular formula is C31H30ClN7O8. The molecule has 3 aromatic carbocycles. The van der Waals surface area contributed by atoms with Crippen molar-refractivity contribution in [1.82, 2.24) is 35.1 Å². The number of halogens is 1. The third-order valence-corrected chi connectivity index (χ3v) is 7.25. The lowest BCUT2D eigenvalue weighted by atomic mass is 9.98. The van der Waals surface area contributed by atoms with Gasteiger partial charge in [0.2, 0.25) is 12.6 Å². The van der Waals surface area contributed by atoms with Crippen LogP contribution in [0.5, 0.6) is 5.75 Å². The van der Waals surface area contributed by atoms with Gasteiger partial charge in [-0.05, 0) is 34.4 Å². The largest absolute Gasteiger partial charge is 0.515 e. The normalized spacial score (nSPS) is 11.2. The van der Waals surface area contributed by atoms with Crippen LogP contribution in [-0.4, -0.2) is 62.8 Å². The number of rotatable bonds is 14. The molecule has 0 bridgehead atoms. The van der Waals surface area contributed by atoms with Crippen LogP contribution in [0.2, 0.25) is 5.15 Å². The van der Waals surface area contributed by atoms with Gasteiger partial charge >= 0.3 is 12.1 Å². The van der Waals surface area contributed by atoms with Crippen molar-refractivity contribution in [2.75, 3.05) is 0 Å². The van der Waals surface area contributed by atoms with Gasteiger partial charge in [0.05, 0.1) is 5.39 Å². The summed E-state index contributed by atoms with van der Waals surface area (Å²) in [4.78, 5) is 34.2. The van der Waals surface area contributed by atoms with Crippen molar-refractivity contribution >= 4 is 23.7 Å². The Morgan fingerprint density at radius 3 is 2.43 bits per heavy atom. The van der Waals surface area contributed by atoms with Gasteiger partial charge in [-0.25, -0.2) is 19.4 Å². The first-order chi connectivity index (χ1) is 22.7. The topological polar surface area (TPSA) is 187 Å². The minimum atomic E-state index is -1.13. The maximum Gasteiger partial charge on any atom is 0.515 e. The maximum atomic E-state index is 12.3. The number of carboxylic acid groups (broad SMARTS) is 1. The van der Waals surface area contributed by atoms with Crippen LogP contribution in [0.25, 0.3) is 22.5 Å². The Morgan fingerprint density at radius 1 is 0.979 bits per heavy atom. The van der Waals surface area contributed by atoms with E-state index in [1.54, 1.807) is 22.8 Å². The number of aryl methyl sites for hydroxylation is 1. The number of unbranched alkanes of at least 4 members (excludes halogenated alkanes) is 1. The van der Waals surface area contributed by atoms with E-state index in [-0.39, 0.29) is 29.9 Å². The third kappa shape index (κ3) is 8.35. The summed E-state index contributed by atoms with van der Waals surface area (Å²) in [7, 11) is 0. The minimum absolute atomic E-state index is 0.0216. The van der Waals surface area contributed by atoms with Gasteiger partial charge in [0.1, 0.15) is 18.2 Å². The van der Waals surface area contributed by atoms with Gasteiger partial charge < -0.3 is 19.1 Å². The molecule has 0 saturated carbocycles. The Bertz CT molecular complexity index is 1840. The third-order valence-electron chi connectivity index (χ3n) is 6.99. The van der Waals surface area contributed by atoms with Crippen LogP contribution in [0.4, 0.5) is 4.79 Å². The molecule has 0 atom stereocenters. The first-order valence-corrected chi connectivity index (χ1v) is 14.8. The van der Waals surface area contributed by atoms with E-state index in [0.717, 1.165) is 34.3 Å². The quantitative estimate of drug-likeness (QED) is 0.0754.